The first-order valence-corrected chi connectivity index (χ1v) is 8.98. The van der Waals surface area contributed by atoms with Gasteiger partial charge < -0.3 is 0 Å². The highest BCUT2D eigenvalue weighted by atomic mass is 35.5. The molecule has 0 rings (SSSR count). The van der Waals surface area contributed by atoms with Crippen LogP contribution in [0, 0.1) is 0 Å². The lowest BCUT2D eigenvalue weighted by Crippen LogP contribution is -1.86. The third-order valence-corrected chi connectivity index (χ3v) is 3.84. The van der Waals surface area contributed by atoms with E-state index in [1.165, 1.54) is 70.6 Å². The maximum absolute atomic E-state index is 10.5. The first-order valence-electron chi connectivity index (χ1n) is 8.60. The Labute approximate surface area is 131 Å². The summed E-state index contributed by atoms with van der Waals surface area (Å²) >= 11 is 5.29. The molecule has 0 aliphatic carbocycles. The molecule has 0 aliphatic rings. The topological polar surface area (TPSA) is 17.1 Å². The van der Waals surface area contributed by atoms with Gasteiger partial charge in [-0.3, -0.25) is 4.79 Å². The molecule has 118 valence electrons. The SMILES string of the molecule is CC/C=C/CCCCCCCCCCCCCC(=O)Cl. The lowest BCUT2D eigenvalue weighted by atomic mass is 10.0. The van der Waals surface area contributed by atoms with Crippen molar-refractivity contribution in [2.45, 2.75) is 96.8 Å². The molecule has 0 radical (unpaired) electrons. The van der Waals surface area contributed by atoms with E-state index in [1.807, 2.05) is 0 Å². The number of carbonyl (C=O) groups is 1. The van der Waals surface area contributed by atoms with Gasteiger partial charge in [0.15, 0.2) is 0 Å². The van der Waals surface area contributed by atoms with Gasteiger partial charge in [0.05, 0.1) is 0 Å². The molecule has 0 N–H and O–H groups in total. The molecule has 0 aliphatic heterocycles. The molecule has 0 saturated heterocycles. The van der Waals surface area contributed by atoms with Crippen LogP contribution < -0.4 is 0 Å². The van der Waals surface area contributed by atoms with Crippen molar-refractivity contribution in [3.8, 4) is 0 Å². The molecule has 0 saturated carbocycles. The Balaban J connectivity index is 2.99. The van der Waals surface area contributed by atoms with E-state index in [2.05, 4.69) is 19.1 Å². The summed E-state index contributed by atoms with van der Waals surface area (Å²) in [6.07, 6.45) is 21.9. The van der Waals surface area contributed by atoms with Crippen LogP contribution in [0.4, 0.5) is 0 Å². The van der Waals surface area contributed by atoms with Crippen molar-refractivity contribution in [1.82, 2.24) is 0 Å². The van der Waals surface area contributed by atoms with Crippen LogP contribution in [-0.4, -0.2) is 5.24 Å². The van der Waals surface area contributed by atoms with Gasteiger partial charge in [-0.1, -0.05) is 76.9 Å². The van der Waals surface area contributed by atoms with Gasteiger partial charge in [-0.15, -0.1) is 0 Å². The van der Waals surface area contributed by atoms with Gasteiger partial charge in [-0.05, 0) is 37.3 Å². The fourth-order valence-corrected chi connectivity index (χ4v) is 2.54. The van der Waals surface area contributed by atoms with Crippen LogP contribution >= 0.6 is 11.6 Å². The predicted molar refractivity (Wildman–Crippen MR) is 90.3 cm³/mol. The van der Waals surface area contributed by atoms with E-state index in [4.69, 9.17) is 11.6 Å². The average molecular weight is 301 g/mol. The Bertz CT molecular complexity index is 236. The minimum absolute atomic E-state index is 0.185. The molecule has 0 unspecified atom stereocenters. The molecule has 1 nitrogen and oxygen atoms in total. The minimum Gasteiger partial charge on any atom is -0.281 e. The van der Waals surface area contributed by atoms with Crippen LogP contribution in [0.25, 0.3) is 0 Å². The Kier molecular flexibility index (Phi) is 16.5. The maximum Gasteiger partial charge on any atom is 0.221 e. The van der Waals surface area contributed by atoms with E-state index >= 15 is 0 Å². The second kappa shape index (κ2) is 16.8. The summed E-state index contributed by atoms with van der Waals surface area (Å²) in [5.74, 6) is 0. The number of allylic oxidation sites excluding steroid dienone is 2. The third-order valence-electron chi connectivity index (χ3n) is 3.65. The highest BCUT2D eigenvalue weighted by Crippen LogP contribution is 2.12. The number of carbonyl (C=O) groups excluding carboxylic acids is 1. The minimum atomic E-state index is -0.185. The van der Waals surface area contributed by atoms with Gasteiger partial charge in [0.2, 0.25) is 5.24 Å². The van der Waals surface area contributed by atoms with Crippen molar-refractivity contribution in [2.24, 2.45) is 0 Å². The zero-order valence-corrected chi connectivity index (χ0v) is 14.1. The van der Waals surface area contributed by atoms with Gasteiger partial charge in [0, 0.05) is 6.42 Å². The van der Waals surface area contributed by atoms with Crippen LogP contribution in [0.3, 0.4) is 0 Å². The molecule has 0 heterocycles. The maximum atomic E-state index is 10.5. The normalized spacial score (nSPS) is 11.3. The summed E-state index contributed by atoms with van der Waals surface area (Å²) in [6, 6.07) is 0. The van der Waals surface area contributed by atoms with E-state index in [1.54, 1.807) is 0 Å². The molecular weight excluding hydrogens is 268 g/mol. The van der Waals surface area contributed by atoms with Crippen LogP contribution in [0.15, 0.2) is 12.2 Å². The van der Waals surface area contributed by atoms with Crippen molar-refractivity contribution in [1.29, 1.82) is 0 Å². The van der Waals surface area contributed by atoms with E-state index in [0.29, 0.717) is 6.42 Å². The molecule has 0 bridgehead atoms. The van der Waals surface area contributed by atoms with Crippen molar-refractivity contribution in [2.75, 3.05) is 0 Å². The summed E-state index contributed by atoms with van der Waals surface area (Å²) in [5.41, 5.74) is 0. The first-order chi connectivity index (χ1) is 9.77. The zero-order valence-electron chi connectivity index (χ0n) is 13.3. The molecule has 0 amide bonds. The fraction of sp³-hybridized carbons (Fsp3) is 0.833. The Morgan fingerprint density at radius 3 is 1.65 bits per heavy atom. The van der Waals surface area contributed by atoms with E-state index in [9.17, 15) is 4.79 Å². The van der Waals surface area contributed by atoms with Crippen LogP contribution in [0.2, 0.25) is 0 Å². The number of rotatable bonds is 15. The average Bonchev–Trinajstić information content (AvgIpc) is 2.43. The smallest absolute Gasteiger partial charge is 0.221 e. The quantitative estimate of drug-likeness (QED) is 0.185. The monoisotopic (exact) mass is 300 g/mol. The second-order valence-corrected chi connectivity index (χ2v) is 6.08. The van der Waals surface area contributed by atoms with E-state index in [-0.39, 0.29) is 5.24 Å². The molecule has 2 heteroatoms. The second-order valence-electron chi connectivity index (χ2n) is 5.66. The number of hydrogen-bond acceptors (Lipinski definition) is 1. The fourth-order valence-electron chi connectivity index (χ4n) is 2.40. The number of halogens is 1. The highest BCUT2D eigenvalue weighted by Gasteiger charge is 1.96. The zero-order chi connectivity index (χ0) is 14.9. The van der Waals surface area contributed by atoms with Crippen LogP contribution in [0.1, 0.15) is 96.8 Å². The lowest BCUT2D eigenvalue weighted by molar-refractivity contribution is -0.111. The lowest BCUT2D eigenvalue weighted by Gasteiger charge is -2.02. The third kappa shape index (κ3) is 17.7. The van der Waals surface area contributed by atoms with Gasteiger partial charge in [-0.25, -0.2) is 0 Å². The van der Waals surface area contributed by atoms with Crippen molar-refractivity contribution >= 4 is 16.8 Å². The van der Waals surface area contributed by atoms with Crippen LogP contribution in [-0.2, 0) is 4.79 Å². The molecular formula is C18H33ClO. The molecule has 0 aromatic carbocycles. The summed E-state index contributed by atoms with van der Waals surface area (Å²) in [5, 5.41) is -0.185. The highest BCUT2D eigenvalue weighted by molar-refractivity contribution is 6.63. The summed E-state index contributed by atoms with van der Waals surface area (Å²) in [4.78, 5) is 10.5. The first kappa shape index (κ1) is 19.7. The molecule has 0 spiro atoms. The van der Waals surface area contributed by atoms with Gasteiger partial charge in [0.25, 0.3) is 0 Å². The van der Waals surface area contributed by atoms with Crippen molar-refractivity contribution < 1.29 is 4.79 Å². The molecule has 0 atom stereocenters. The van der Waals surface area contributed by atoms with Crippen LogP contribution in [0.5, 0.6) is 0 Å². The Morgan fingerprint density at radius 1 is 0.750 bits per heavy atom. The van der Waals surface area contributed by atoms with Gasteiger partial charge in [0.1, 0.15) is 0 Å². The van der Waals surface area contributed by atoms with E-state index in [0.717, 1.165) is 12.8 Å². The van der Waals surface area contributed by atoms with Crippen molar-refractivity contribution in [3.05, 3.63) is 12.2 Å². The number of hydrogen-bond donors (Lipinski definition) is 0. The summed E-state index contributed by atoms with van der Waals surface area (Å²) in [7, 11) is 0. The van der Waals surface area contributed by atoms with Gasteiger partial charge in [-0.2, -0.15) is 0 Å². The predicted octanol–water partition coefficient (Wildman–Crippen LogP) is 6.79. The van der Waals surface area contributed by atoms with Crippen molar-refractivity contribution in [3.63, 3.8) is 0 Å². The summed E-state index contributed by atoms with van der Waals surface area (Å²) in [6.45, 7) is 2.19. The largest absolute Gasteiger partial charge is 0.281 e. The van der Waals surface area contributed by atoms with Gasteiger partial charge >= 0.3 is 0 Å². The number of unbranched alkanes of at least 4 members (excludes halogenated alkanes) is 11. The molecule has 20 heavy (non-hydrogen) atoms. The summed E-state index contributed by atoms with van der Waals surface area (Å²) < 4.78 is 0. The Hall–Kier alpha value is -0.300. The molecule has 0 aromatic rings. The Morgan fingerprint density at radius 2 is 1.20 bits per heavy atom. The van der Waals surface area contributed by atoms with E-state index < -0.39 is 0 Å². The standard InChI is InChI=1S/C18H33ClO/c1-2-3-4-5-6-7-8-9-10-11-12-13-14-15-16-17-18(19)20/h3-4H,2,5-17H2,1H3/b4-3+. The molecule has 0 fully saturated rings. The molecule has 0 aromatic heterocycles.